The summed E-state index contributed by atoms with van der Waals surface area (Å²) in [5.41, 5.74) is 0. The van der Waals surface area contributed by atoms with E-state index in [2.05, 4.69) is 0 Å². The predicted molar refractivity (Wildman–Crippen MR) is 102 cm³/mol. The number of benzene rings is 2. The van der Waals surface area contributed by atoms with Gasteiger partial charge < -0.3 is 9.47 Å². The lowest BCUT2D eigenvalue weighted by Gasteiger charge is -2.24. The van der Waals surface area contributed by atoms with Crippen LogP contribution in [0.15, 0.2) is 47.4 Å². The molecule has 2 aromatic rings. The topological polar surface area (TPSA) is 93.1 Å². The minimum absolute atomic E-state index is 0.183. The van der Waals surface area contributed by atoms with Crippen LogP contribution in [0, 0.1) is 5.92 Å². The molecule has 0 atom stereocenters. The molecule has 7 nitrogen and oxygen atoms in total. The normalized spacial score (nSPS) is 15.2. The number of nitrogens with zero attached hydrogens (tertiary/aromatic N) is 1. The molecule has 1 N–H and O–H groups in total. The molecular weight excluding hydrogens is 429 g/mol. The number of hydrogen-bond donors (Lipinski definition) is 1. The maximum Gasteiger partial charge on any atom is 0.289 e. The molecule has 1 fully saturated rings. The molecule has 0 saturated carbocycles. The molecular formula is C18H17Cl2NO6S. The average Bonchev–Trinajstić information content (AvgIpc) is 2.70. The Labute approximate surface area is 172 Å². The fourth-order valence-electron chi connectivity index (χ4n) is 2.68. The molecule has 0 spiro atoms. The summed E-state index contributed by atoms with van der Waals surface area (Å²) in [5, 5.41) is 10.7. The summed E-state index contributed by atoms with van der Waals surface area (Å²) >= 11 is 11.8. The number of carbonyl (C=O) groups excluding carboxylic acids is 1. The van der Waals surface area contributed by atoms with Crippen LogP contribution in [0.3, 0.4) is 0 Å². The molecule has 1 amide bonds. The standard InChI is InChI=1S/C18H17Cl2NO6S/c19-16-6-3-14(11-17(16)20)27-13-1-4-15(5-2-13)28(24,25)21(23)18(22)12-7-9-26-10-8-12/h1-6,11-12,23H,7-10H2. The van der Waals surface area contributed by atoms with Crippen molar-refractivity contribution >= 4 is 39.1 Å². The van der Waals surface area contributed by atoms with Crippen molar-refractivity contribution in [2.75, 3.05) is 13.2 Å². The molecule has 1 aliphatic heterocycles. The minimum atomic E-state index is -4.39. The summed E-state index contributed by atoms with van der Waals surface area (Å²) < 4.78 is 35.6. The predicted octanol–water partition coefficient (Wildman–Crippen LogP) is 4.12. The van der Waals surface area contributed by atoms with Crippen LogP contribution < -0.4 is 4.74 Å². The van der Waals surface area contributed by atoms with Crippen molar-refractivity contribution in [3.8, 4) is 11.5 Å². The van der Waals surface area contributed by atoms with E-state index in [0.29, 0.717) is 47.6 Å². The Kier molecular flexibility index (Phi) is 6.47. The summed E-state index contributed by atoms with van der Waals surface area (Å²) in [6.07, 6.45) is 0.726. The van der Waals surface area contributed by atoms with Crippen molar-refractivity contribution in [2.45, 2.75) is 17.7 Å². The van der Waals surface area contributed by atoms with E-state index in [0.717, 1.165) is 0 Å². The number of amides is 1. The number of carbonyl (C=O) groups is 1. The Morgan fingerprint density at radius 1 is 1.04 bits per heavy atom. The van der Waals surface area contributed by atoms with E-state index < -0.39 is 21.8 Å². The molecule has 1 aliphatic rings. The second-order valence-corrected chi connectivity index (χ2v) is 8.70. The first-order valence-electron chi connectivity index (χ1n) is 8.38. The zero-order chi connectivity index (χ0) is 20.3. The van der Waals surface area contributed by atoms with E-state index >= 15 is 0 Å². The van der Waals surface area contributed by atoms with Crippen LogP contribution in [0.4, 0.5) is 0 Å². The Morgan fingerprint density at radius 3 is 2.25 bits per heavy atom. The quantitative estimate of drug-likeness (QED) is 0.549. The van der Waals surface area contributed by atoms with Crippen molar-refractivity contribution in [3.63, 3.8) is 0 Å². The monoisotopic (exact) mass is 445 g/mol. The van der Waals surface area contributed by atoms with Gasteiger partial charge in [0.25, 0.3) is 15.9 Å². The van der Waals surface area contributed by atoms with Gasteiger partial charge in [-0.15, -0.1) is 4.47 Å². The largest absolute Gasteiger partial charge is 0.457 e. The Balaban J connectivity index is 1.73. The van der Waals surface area contributed by atoms with Crippen molar-refractivity contribution in [1.82, 2.24) is 4.47 Å². The number of hydrogen-bond acceptors (Lipinski definition) is 6. The Morgan fingerprint density at radius 2 is 1.64 bits per heavy atom. The van der Waals surface area contributed by atoms with E-state index in [9.17, 15) is 18.4 Å². The summed E-state index contributed by atoms with van der Waals surface area (Å²) in [6.45, 7) is 0.704. The fraction of sp³-hybridized carbons (Fsp3) is 0.278. The van der Waals surface area contributed by atoms with Gasteiger partial charge in [0, 0.05) is 25.2 Å². The van der Waals surface area contributed by atoms with Gasteiger partial charge in [0.1, 0.15) is 11.5 Å². The zero-order valence-electron chi connectivity index (χ0n) is 14.5. The summed E-state index contributed by atoms with van der Waals surface area (Å²) in [5.74, 6) is -0.689. The maximum atomic E-state index is 12.5. The van der Waals surface area contributed by atoms with Crippen molar-refractivity contribution in [2.24, 2.45) is 5.92 Å². The SMILES string of the molecule is O=C(C1CCOCC1)N(O)S(=O)(=O)c1ccc(Oc2ccc(Cl)c(Cl)c2)cc1. The van der Waals surface area contributed by atoms with Gasteiger partial charge in [-0.1, -0.05) is 23.2 Å². The summed E-state index contributed by atoms with van der Waals surface area (Å²) in [4.78, 5) is 12.0. The molecule has 0 radical (unpaired) electrons. The van der Waals surface area contributed by atoms with Crippen LogP contribution in [0.25, 0.3) is 0 Å². The van der Waals surface area contributed by atoms with Crippen LogP contribution in [0.2, 0.25) is 10.0 Å². The lowest BCUT2D eigenvalue weighted by Crippen LogP contribution is -2.40. The summed E-state index contributed by atoms with van der Waals surface area (Å²) in [6, 6.07) is 10.00. The van der Waals surface area contributed by atoms with Gasteiger partial charge >= 0.3 is 0 Å². The van der Waals surface area contributed by atoms with E-state index in [1.54, 1.807) is 12.1 Å². The van der Waals surface area contributed by atoms with Gasteiger partial charge in [-0.2, -0.15) is 8.42 Å². The van der Waals surface area contributed by atoms with Crippen LogP contribution in [0.5, 0.6) is 11.5 Å². The highest BCUT2D eigenvalue weighted by atomic mass is 35.5. The second-order valence-electron chi connectivity index (χ2n) is 6.12. The minimum Gasteiger partial charge on any atom is -0.457 e. The van der Waals surface area contributed by atoms with Crippen LogP contribution in [-0.2, 0) is 19.6 Å². The average molecular weight is 446 g/mol. The first-order valence-corrected chi connectivity index (χ1v) is 10.6. The van der Waals surface area contributed by atoms with Gasteiger partial charge in [0.15, 0.2) is 0 Å². The van der Waals surface area contributed by atoms with Gasteiger partial charge in [-0.25, -0.2) is 0 Å². The van der Waals surface area contributed by atoms with Crippen LogP contribution in [-0.4, -0.2) is 37.2 Å². The number of hydroxylamine groups is 1. The molecule has 0 bridgehead atoms. The lowest BCUT2D eigenvalue weighted by atomic mass is 10.00. The van der Waals surface area contributed by atoms with Crippen molar-refractivity contribution in [1.29, 1.82) is 0 Å². The molecule has 1 saturated heterocycles. The highest BCUT2D eigenvalue weighted by molar-refractivity contribution is 7.89. The molecule has 150 valence electrons. The van der Waals surface area contributed by atoms with Crippen LogP contribution in [0.1, 0.15) is 12.8 Å². The van der Waals surface area contributed by atoms with Crippen LogP contribution >= 0.6 is 23.2 Å². The first kappa shape index (κ1) is 20.9. The van der Waals surface area contributed by atoms with Crippen molar-refractivity contribution in [3.05, 3.63) is 52.5 Å². The van der Waals surface area contributed by atoms with Gasteiger partial charge in [0.05, 0.1) is 14.9 Å². The second kappa shape index (κ2) is 8.67. The number of sulfonamides is 1. The molecule has 0 unspecified atom stereocenters. The molecule has 28 heavy (non-hydrogen) atoms. The van der Waals surface area contributed by atoms with Gasteiger partial charge in [0.2, 0.25) is 0 Å². The highest BCUT2D eigenvalue weighted by Crippen LogP contribution is 2.30. The molecule has 10 heteroatoms. The molecule has 0 aliphatic carbocycles. The summed E-state index contributed by atoms with van der Waals surface area (Å²) in [7, 11) is -4.39. The first-order chi connectivity index (χ1) is 13.3. The van der Waals surface area contributed by atoms with Gasteiger partial charge in [-0.05, 0) is 49.2 Å². The maximum absolute atomic E-state index is 12.5. The van der Waals surface area contributed by atoms with E-state index in [1.807, 2.05) is 0 Å². The third-order valence-corrected chi connectivity index (χ3v) is 6.48. The number of ether oxygens (including phenoxy) is 2. The third kappa shape index (κ3) is 4.59. The number of halogens is 2. The fourth-order valence-corrected chi connectivity index (χ4v) is 4.03. The Hall–Kier alpha value is -1.84. The van der Waals surface area contributed by atoms with E-state index in [-0.39, 0.29) is 9.36 Å². The Bertz CT molecular complexity index is 959. The lowest BCUT2D eigenvalue weighted by molar-refractivity contribution is -0.153. The van der Waals surface area contributed by atoms with Gasteiger partial charge in [-0.3, -0.25) is 10.0 Å². The van der Waals surface area contributed by atoms with E-state index in [1.165, 1.54) is 30.3 Å². The number of rotatable bonds is 5. The zero-order valence-corrected chi connectivity index (χ0v) is 16.9. The highest BCUT2D eigenvalue weighted by Gasteiger charge is 2.34. The molecule has 3 rings (SSSR count). The molecule has 0 aromatic heterocycles. The molecule has 1 heterocycles. The van der Waals surface area contributed by atoms with E-state index in [4.69, 9.17) is 32.7 Å². The molecule has 2 aromatic carbocycles. The van der Waals surface area contributed by atoms with Crippen molar-refractivity contribution < 1.29 is 27.9 Å². The smallest absolute Gasteiger partial charge is 0.289 e. The third-order valence-electron chi connectivity index (χ3n) is 4.24.